The Morgan fingerprint density at radius 2 is 2.32 bits per heavy atom. The summed E-state index contributed by atoms with van der Waals surface area (Å²) < 4.78 is 5.52. The summed E-state index contributed by atoms with van der Waals surface area (Å²) in [4.78, 5) is 15.4. The molecule has 0 N–H and O–H groups in total. The van der Waals surface area contributed by atoms with Crippen LogP contribution < -0.4 is 4.74 Å². The first-order valence-corrected chi connectivity index (χ1v) is 6.79. The van der Waals surface area contributed by atoms with Crippen molar-refractivity contribution in [2.24, 2.45) is 0 Å². The van der Waals surface area contributed by atoms with Crippen molar-refractivity contribution in [3.8, 4) is 5.75 Å². The average Bonchev–Trinajstić information content (AvgIpc) is 2.75. The van der Waals surface area contributed by atoms with E-state index < -0.39 is 4.92 Å². The van der Waals surface area contributed by atoms with Crippen molar-refractivity contribution in [1.82, 2.24) is 4.98 Å². The lowest BCUT2D eigenvalue weighted by Crippen LogP contribution is -2.01. The molecule has 0 bridgehead atoms. The number of hydrogen-bond acceptors (Lipinski definition) is 5. The highest BCUT2D eigenvalue weighted by Gasteiger charge is 2.12. The summed E-state index contributed by atoms with van der Waals surface area (Å²) in [6, 6.07) is 4.35. The minimum absolute atomic E-state index is 0.0801. The first kappa shape index (κ1) is 13.8. The zero-order valence-corrected chi connectivity index (χ0v) is 11.7. The third-order valence-corrected chi connectivity index (χ3v) is 3.86. The molecule has 2 aromatic rings. The lowest BCUT2D eigenvalue weighted by Gasteiger charge is -2.06. The highest BCUT2D eigenvalue weighted by Crippen LogP contribution is 2.28. The molecular weight excluding hydrogens is 288 g/mol. The number of thiazole rings is 1. The van der Waals surface area contributed by atoms with Crippen LogP contribution in [-0.2, 0) is 6.42 Å². The summed E-state index contributed by atoms with van der Waals surface area (Å²) >= 11 is 7.39. The van der Waals surface area contributed by atoms with Gasteiger partial charge in [-0.05, 0) is 13.0 Å². The highest BCUT2D eigenvalue weighted by atomic mass is 35.5. The summed E-state index contributed by atoms with van der Waals surface area (Å²) in [5.41, 5.74) is 2.69. The van der Waals surface area contributed by atoms with Crippen LogP contribution in [0.15, 0.2) is 23.7 Å². The van der Waals surface area contributed by atoms with E-state index in [1.807, 2.05) is 6.92 Å². The van der Waals surface area contributed by atoms with Crippen molar-refractivity contribution >= 4 is 28.6 Å². The summed E-state index contributed by atoms with van der Waals surface area (Å²) in [5.74, 6) is 0.526. The monoisotopic (exact) mass is 298 g/mol. The van der Waals surface area contributed by atoms with Gasteiger partial charge in [0, 0.05) is 23.4 Å². The molecule has 0 aliphatic rings. The molecule has 100 valence electrons. The van der Waals surface area contributed by atoms with Gasteiger partial charge in [0.15, 0.2) is 0 Å². The average molecular weight is 299 g/mol. The minimum atomic E-state index is -0.521. The molecule has 1 heterocycles. The van der Waals surface area contributed by atoms with E-state index in [9.17, 15) is 10.1 Å². The standard InChI is InChI=1S/C12H11ClN2O3S/c1-8-12(19-7-14-8)4-5-18-9-2-3-11(15(16)17)10(13)6-9/h2-3,6-7H,4-5H2,1H3. The Bertz CT molecular complexity index is 600. The van der Waals surface area contributed by atoms with Gasteiger partial charge in [-0.25, -0.2) is 4.98 Å². The predicted octanol–water partition coefficient (Wildman–Crippen LogP) is 3.63. The van der Waals surface area contributed by atoms with Crippen molar-refractivity contribution in [2.45, 2.75) is 13.3 Å². The number of aryl methyl sites for hydroxylation is 1. The molecule has 0 amide bonds. The molecule has 0 fully saturated rings. The van der Waals surface area contributed by atoms with E-state index in [0.29, 0.717) is 12.4 Å². The van der Waals surface area contributed by atoms with E-state index in [1.165, 1.54) is 17.0 Å². The molecule has 0 saturated heterocycles. The minimum Gasteiger partial charge on any atom is -0.493 e. The first-order chi connectivity index (χ1) is 9.08. The SMILES string of the molecule is Cc1ncsc1CCOc1ccc([N+](=O)[O-])c(Cl)c1. The van der Waals surface area contributed by atoms with Gasteiger partial charge in [0.05, 0.1) is 22.7 Å². The van der Waals surface area contributed by atoms with Crippen LogP contribution in [0.2, 0.25) is 5.02 Å². The van der Waals surface area contributed by atoms with Crippen molar-refractivity contribution in [1.29, 1.82) is 0 Å². The highest BCUT2D eigenvalue weighted by molar-refractivity contribution is 7.09. The van der Waals surface area contributed by atoms with E-state index in [0.717, 1.165) is 12.1 Å². The lowest BCUT2D eigenvalue weighted by atomic mass is 10.3. The summed E-state index contributed by atoms with van der Waals surface area (Å²) in [6.07, 6.45) is 0.755. The molecule has 0 radical (unpaired) electrons. The van der Waals surface area contributed by atoms with Crippen LogP contribution in [-0.4, -0.2) is 16.5 Å². The van der Waals surface area contributed by atoms with Gasteiger partial charge < -0.3 is 4.74 Å². The van der Waals surface area contributed by atoms with Gasteiger partial charge in [0.1, 0.15) is 10.8 Å². The molecule has 0 spiro atoms. The Hall–Kier alpha value is -1.66. The first-order valence-electron chi connectivity index (χ1n) is 5.53. The smallest absolute Gasteiger partial charge is 0.288 e. The second-order valence-corrected chi connectivity index (χ2v) is 5.18. The van der Waals surface area contributed by atoms with Gasteiger partial charge >= 0.3 is 0 Å². The molecule has 0 aliphatic carbocycles. The van der Waals surface area contributed by atoms with Crippen LogP contribution in [0.4, 0.5) is 5.69 Å². The molecule has 1 aromatic heterocycles. The molecule has 19 heavy (non-hydrogen) atoms. The topological polar surface area (TPSA) is 65.3 Å². The molecule has 0 saturated carbocycles. The van der Waals surface area contributed by atoms with Gasteiger partial charge in [-0.2, -0.15) is 0 Å². The van der Waals surface area contributed by atoms with Crippen LogP contribution in [0.1, 0.15) is 10.6 Å². The maximum atomic E-state index is 10.6. The van der Waals surface area contributed by atoms with Gasteiger partial charge in [-0.1, -0.05) is 11.6 Å². The fourth-order valence-corrected chi connectivity index (χ4v) is 2.56. The second kappa shape index (κ2) is 5.99. The summed E-state index contributed by atoms with van der Waals surface area (Å²) in [6.45, 7) is 2.44. The van der Waals surface area contributed by atoms with Crippen LogP contribution >= 0.6 is 22.9 Å². The molecule has 0 aliphatic heterocycles. The normalized spacial score (nSPS) is 10.4. The van der Waals surface area contributed by atoms with Crippen molar-refractivity contribution in [3.63, 3.8) is 0 Å². The van der Waals surface area contributed by atoms with Crippen LogP contribution in [0.5, 0.6) is 5.75 Å². The number of benzene rings is 1. The number of hydrogen-bond donors (Lipinski definition) is 0. The third kappa shape index (κ3) is 3.42. The number of rotatable bonds is 5. The quantitative estimate of drug-likeness (QED) is 0.624. The fraction of sp³-hybridized carbons (Fsp3) is 0.250. The van der Waals surface area contributed by atoms with Crippen molar-refractivity contribution in [3.05, 3.63) is 49.4 Å². The molecule has 7 heteroatoms. The van der Waals surface area contributed by atoms with E-state index in [4.69, 9.17) is 16.3 Å². The van der Waals surface area contributed by atoms with E-state index >= 15 is 0 Å². The van der Waals surface area contributed by atoms with Crippen molar-refractivity contribution < 1.29 is 9.66 Å². The van der Waals surface area contributed by atoms with Crippen LogP contribution in [0, 0.1) is 17.0 Å². The number of nitrogens with zero attached hydrogens (tertiary/aromatic N) is 2. The van der Waals surface area contributed by atoms with Crippen LogP contribution in [0.3, 0.4) is 0 Å². The molecule has 1 aromatic carbocycles. The lowest BCUT2D eigenvalue weighted by molar-refractivity contribution is -0.384. The molecule has 0 atom stereocenters. The molecule has 2 rings (SSSR count). The number of nitro benzene ring substituents is 1. The van der Waals surface area contributed by atoms with Gasteiger partial charge in [0.25, 0.3) is 5.69 Å². The number of ether oxygens (including phenoxy) is 1. The van der Waals surface area contributed by atoms with Gasteiger partial charge in [-0.3, -0.25) is 10.1 Å². The van der Waals surface area contributed by atoms with Crippen LogP contribution in [0.25, 0.3) is 0 Å². The number of halogens is 1. The summed E-state index contributed by atoms with van der Waals surface area (Å²) in [5, 5.41) is 10.7. The molecular formula is C12H11ClN2O3S. The second-order valence-electron chi connectivity index (χ2n) is 3.83. The van der Waals surface area contributed by atoms with E-state index in [2.05, 4.69) is 4.98 Å². The van der Waals surface area contributed by atoms with Gasteiger partial charge in [-0.15, -0.1) is 11.3 Å². The van der Waals surface area contributed by atoms with E-state index in [1.54, 1.807) is 22.9 Å². The molecule has 0 unspecified atom stereocenters. The van der Waals surface area contributed by atoms with E-state index in [-0.39, 0.29) is 10.7 Å². The maximum Gasteiger partial charge on any atom is 0.288 e. The van der Waals surface area contributed by atoms with Crippen molar-refractivity contribution in [2.75, 3.05) is 6.61 Å². The zero-order chi connectivity index (χ0) is 13.8. The summed E-state index contributed by atoms with van der Waals surface area (Å²) in [7, 11) is 0. The Morgan fingerprint density at radius 3 is 2.89 bits per heavy atom. The zero-order valence-electron chi connectivity index (χ0n) is 10.1. The Kier molecular flexibility index (Phi) is 4.34. The Morgan fingerprint density at radius 1 is 1.53 bits per heavy atom. The maximum absolute atomic E-state index is 10.6. The largest absolute Gasteiger partial charge is 0.493 e. The Balaban J connectivity index is 1.95. The molecule has 5 nitrogen and oxygen atoms in total. The number of nitro groups is 1. The predicted molar refractivity (Wildman–Crippen MR) is 74.2 cm³/mol. The Labute approximate surface area is 119 Å². The fourth-order valence-electron chi connectivity index (χ4n) is 1.55. The number of aromatic nitrogens is 1. The van der Waals surface area contributed by atoms with Gasteiger partial charge in [0.2, 0.25) is 0 Å². The third-order valence-electron chi connectivity index (χ3n) is 2.56.